The van der Waals surface area contributed by atoms with Gasteiger partial charge in [0.1, 0.15) is 0 Å². The number of carbonyl (C=O) groups is 1. The molecule has 2 aromatic rings. The van der Waals surface area contributed by atoms with Crippen LogP contribution in [-0.4, -0.2) is 24.6 Å². The number of nitrogens with one attached hydrogen (secondary N) is 2. The number of halogens is 6. The first-order valence-electron chi connectivity index (χ1n) is 10.9. The molecule has 2 N–H and O–H groups in total. The zero-order valence-corrected chi connectivity index (χ0v) is 18.3. The minimum absolute atomic E-state index is 0.00713. The fourth-order valence-corrected chi connectivity index (χ4v) is 4.72. The Bertz CT molecular complexity index is 1010. The Balaban J connectivity index is 1.61. The number of ether oxygens (including phenoxy) is 1. The molecule has 1 unspecified atom stereocenters. The van der Waals surface area contributed by atoms with Gasteiger partial charge in [-0.15, -0.1) is 0 Å². The number of fused-ring (bicyclic) bond motifs is 1. The fraction of sp³-hybridized carbons (Fsp3) is 0.458. The van der Waals surface area contributed by atoms with Crippen LogP contribution >= 0.6 is 0 Å². The Morgan fingerprint density at radius 2 is 1.62 bits per heavy atom. The molecule has 1 amide bonds. The van der Waals surface area contributed by atoms with Gasteiger partial charge in [-0.1, -0.05) is 30.3 Å². The zero-order chi connectivity index (χ0) is 24.7. The van der Waals surface area contributed by atoms with Crippen LogP contribution in [0.5, 0.6) is 0 Å². The number of benzene rings is 2. The van der Waals surface area contributed by atoms with E-state index in [0.717, 1.165) is 5.56 Å². The number of hydrogen-bond donors (Lipinski definition) is 2. The molecule has 0 saturated carbocycles. The van der Waals surface area contributed by atoms with E-state index in [1.54, 1.807) is 0 Å². The summed E-state index contributed by atoms with van der Waals surface area (Å²) in [5, 5.41) is 6.41. The maximum Gasteiger partial charge on any atom is 0.416 e. The molecule has 4 rings (SSSR count). The van der Waals surface area contributed by atoms with Crippen LogP contribution < -0.4 is 10.6 Å². The molecule has 2 aliphatic heterocycles. The molecule has 2 saturated heterocycles. The summed E-state index contributed by atoms with van der Waals surface area (Å²) in [5.74, 6) is -0.0655. The van der Waals surface area contributed by atoms with E-state index in [0.29, 0.717) is 25.0 Å². The summed E-state index contributed by atoms with van der Waals surface area (Å²) >= 11 is 0. The van der Waals surface area contributed by atoms with Gasteiger partial charge in [-0.2, -0.15) is 26.3 Å². The topological polar surface area (TPSA) is 50.4 Å². The second-order valence-electron chi connectivity index (χ2n) is 8.91. The normalized spacial score (nSPS) is 26.1. The van der Waals surface area contributed by atoms with Crippen molar-refractivity contribution < 1.29 is 35.9 Å². The van der Waals surface area contributed by atoms with Gasteiger partial charge in [0.25, 0.3) is 0 Å². The van der Waals surface area contributed by atoms with Crippen molar-refractivity contribution in [1.29, 1.82) is 0 Å². The second kappa shape index (κ2) is 8.88. The molecular formula is C24H24F6N2O2. The van der Waals surface area contributed by atoms with Gasteiger partial charge in [0.05, 0.1) is 29.4 Å². The van der Waals surface area contributed by atoms with Crippen molar-refractivity contribution in [1.82, 2.24) is 10.6 Å². The number of amides is 1. The van der Waals surface area contributed by atoms with Crippen LogP contribution in [0.3, 0.4) is 0 Å². The van der Waals surface area contributed by atoms with Gasteiger partial charge in [0.15, 0.2) is 0 Å². The van der Waals surface area contributed by atoms with Gasteiger partial charge < -0.3 is 15.4 Å². The van der Waals surface area contributed by atoms with Crippen LogP contribution in [0.15, 0.2) is 48.5 Å². The molecule has 0 aliphatic carbocycles. The van der Waals surface area contributed by atoms with E-state index in [4.69, 9.17) is 4.74 Å². The third-order valence-electron chi connectivity index (χ3n) is 6.57. The number of alkyl halides is 6. The largest absolute Gasteiger partial charge is 0.416 e. The van der Waals surface area contributed by atoms with Crippen LogP contribution in [-0.2, 0) is 27.4 Å². The highest BCUT2D eigenvalue weighted by atomic mass is 19.4. The highest BCUT2D eigenvalue weighted by molar-refractivity contribution is 5.79. The Morgan fingerprint density at radius 3 is 2.21 bits per heavy atom. The SMILES string of the molecule is C[C@@H](OC[C@@]1(c2ccccc2)CCC2NC(=O)C[C@H]2N1)c1cc(C(F)(F)F)cc(C(F)(F)F)c1. The van der Waals surface area contributed by atoms with Crippen molar-refractivity contribution in [2.75, 3.05) is 6.61 Å². The van der Waals surface area contributed by atoms with Gasteiger partial charge in [-0.05, 0) is 49.1 Å². The first-order valence-corrected chi connectivity index (χ1v) is 10.9. The maximum absolute atomic E-state index is 13.3. The van der Waals surface area contributed by atoms with Crippen molar-refractivity contribution in [3.8, 4) is 0 Å². The van der Waals surface area contributed by atoms with Gasteiger partial charge in [-0.3, -0.25) is 4.79 Å². The Morgan fingerprint density at radius 1 is 1.00 bits per heavy atom. The summed E-state index contributed by atoms with van der Waals surface area (Å²) in [5.41, 5.74) is -2.83. The first kappa shape index (κ1) is 24.5. The lowest BCUT2D eigenvalue weighted by Crippen LogP contribution is -2.59. The van der Waals surface area contributed by atoms with Crippen LogP contribution in [0.4, 0.5) is 26.3 Å². The molecule has 0 bridgehead atoms. The predicted octanol–water partition coefficient (Wildman–Crippen LogP) is 5.34. The molecule has 2 aliphatic rings. The minimum atomic E-state index is -4.93. The van der Waals surface area contributed by atoms with Gasteiger partial charge in [0.2, 0.25) is 5.91 Å². The summed E-state index contributed by atoms with van der Waals surface area (Å²) < 4.78 is 85.5. The van der Waals surface area contributed by atoms with Crippen LogP contribution in [0, 0.1) is 0 Å². The van der Waals surface area contributed by atoms with Crippen molar-refractivity contribution >= 4 is 5.91 Å². The Hall–Kier alpha value is -2.59. The number of piperidine rings is 1. The number of hydrogen-bond acceptors (Lipinski definition) is 3. The van der Waals surface area contributed by atoms with E-state index in [1.807, 2.05) is 30.3 Å². The smallest absolute Gasteiger partial charge is 0.372 e. The molecular weight excluding hydrogens is 462 g/mol. The van der Waals surface area contributed by atoms with E-state index in [1.165, 1.54) is 6.92 Å². The average Bonchev–Trinajstić information content (AvgIpc) is 3.15. The molecule has 4 nitrogen and oxygen atoms in total. The third kappa shape index (κ3) is 5.07. The molecule has 10 heteroatoms. The number of carbonyl (C=O) groups excluding carboxylic acids is 1. The molecule has 34 heavy (non-hydrogen) atoms. The van der Waals surface area contributed by atoms with Gasteiger partial charge >= 0.3 is 12.4 Å². The van der Waals surface area contributed by atoms with E-state index in [2.05, 4.69) is 10.6 Å². The third-order valence-corrected chi connectivity index (χ3v) is 6.57. The molecule has 4 atom stereocenters. The van der Waals surface area contributed by atoms with E-state index in [9.17, 15) is 31.1 Å². The minimum Gasteiger partial charge on any atom is -0.372 e. The first-order chi connectivity index (χ1) is 15.9. The molecule has 0 radical (unpaired) electrons. The monoisotopic (exact) mass is 486 g/mol. The highest BCUT2D eigenvalue weighted by Crippen LogP contribution is 2.40. The van der Waals surface area contributed by atoms with E-state index in [-0.39, 0.29) is 42.6 Å². The molecule has 2 fully saturated rings. The molecule has 0 spiro atoms. The highest BCUT2D eigenvalue weighted by Gasteiger charge is 2.46. The Labute approximate surface area is 192 Å². The van der Waals surface area contributed by atoms with Gasteiger partial charge in [0, 0.05) is 18.5 Å². The molecule has 2 aromatic carbocycles. The molecule has 0 aromatic heterocycles. The molecule has 184 valence electrons. The fourth-order valence-electron chi connectivity index (χ4n) is 4.72. The predicted molar refractivity (Wildman–Crippen MR) is 112 cm³/mol. The summed E-state index contributed by atoms with van der Waals surface area (Å²) in [7, 11) is 0. The van der Waals surface area contributed by atoms with Crippen molar-refractivity contribution in [2.24, 2.45) is 0 Å². The van der Waals surface area contributed by atoms with Crippen LogP contribution in [0.25, 0.3) is 0 Å². The summed E-state index contributed by atoms with van der Waals surface area (Å²) in [6, 6.07) is 10.6. The van der Waals surface area contributed by atoms with Crippen LogP contribution in [0.2, 0.25) is 0 Å². The van der Waals surface area contributed by atoms with Crippen molar-refractivity contribution in [3.05, 3.63) is 70.8 Å². The lowest BCUT2D eigenvalue weighted by molar-refractivity contribution is -0.143. The number of rotatable bonds is 5. The molecule has 2 heterocycles. The summed E-state index contributed by atoms with van der Waals surface area (Å²) in [6.07, 6.45) is -9.37. The van der Waals surface area contributed by atoms with E-state index >= 15 is 0 Å². The lowest BCUT2D eigenvalue weighted by Gasteiger charge is -2.44. The lowest BCUT2D eigenvalue weighted by atomic mass is 9.79. The zero-order valence-electron chi connectivity index (χ0n) is 18.3. The standard InChI is InChI=1S/C24H24F6N2O2/c1-14(15-9-17(23(25,26)27)11-18(10-15)24(28,29)30)34-13-22(16-5-3-2-4-6-16)8-7-19-20(32-22)12-21(33)31-19/h2-6,9-11,14,19-20,32H,7-8,12-13H2,1H3,(H,31,33)/t14-,19?,20-,22-/m1/s1. The van der Waals surface area contributed by atoms with Crippen molar-refractivity contribution in [2.45, 2.75) is 62.3 Å². The van der Waals surface area contributed by atoms with Crippen LogP contribution in [0.1, 0.15) is 54.5 Å². The maximum atomic E-state index is 13.3. The Kier molecular flexibility index (Phi) is 6.41. The summed E-state index contributed by atoms with van der Waals surface area (Å²) in [6.45, 7) is 1.44. The second-order valence-corrected chi connectivity index (χ2v) is 8.91. The average molecular weight is 486 g/mol. The quantitative estimate of drug-likeness (QED) is 0.562. The summed E-state index contributed by atoms with van der Waals surface area (Å²) in [4.78, 5) is 11.9. The van der Waals surface area contributed by atoms with Crippen molar-refractivity contribution in [3.63, 3.8) is 0 Å². The van der Waals surface area contributed by atoms with E-state index < -0.39 is 35.1 Å². The van der Waals surface area contributed by atoms with Gasteiger partial charge in [-0.25, -0.2) is 0 Å².